The third kappa shape index (κ3) is 2.51. The number of halogens is 2. The van der Waals surface area contributed by atoms with Crippen molar-refractivity contribution in [2.24, 2.45) is 5.92 Å². The SMILES string of the molecule is CC1(c2cc(F)ccc2Br)C(C(=O)O)=CC=CC1C(=O)O. The molecule has 0 bridgehead atoms. The molecule has 0 aromatic heterocycles. The molecule has 110 valence electrons. The van der Waals surface area contributed by atoms with Crippen LogP contribution in [0.25, 0.3) is 0 Å². The lowest BCUT2D eigenvalue weighted by molar-refractivity contribution is -0.142. The maximum absolute atomic E-state index is 13.6. The van der Waals surface area contributed by atoms with Gasteiger partial charge in [-0.05, 0) is 30.7 Å². The Kier molecular flexibility index (Phi) is 4.00. The van der Waals surface area contributed by atoms with Crippen LogP contribution in [0.1, 0.15) is 12.5 Å². The van der Waals surface area contributed by atoms with Crippen LogP contribution in [0.4, 0.5) is 4.39 Å². The lowest BCUT2D eigenvalue weighted by atomic mass is 9.64. The second kappa shape index (κ2) is 5.44. The molecule has 0 amide bonds. The van der Waals surface area contributed by atoms with Crippen LogP contribution in [0.3, 0.4) is 0 Å². The van der Waals surface area contributed by atoms with Crippen molar-refractivity contribution < 1.29 is 24.2 Å². The maximum atomic E-state index is 13.6. The Morgan fingerprint density at radius 2 is 2.00 bits per heavy atom. The Bertz CT molecular complexity index is 680. The molecule has 1 aromatic carbocycles. The molecule has 2 atom stereocenters. The first-order chi connectivity index (χ1) is 9.78. The molecule has 4 nitrogen and oxygen atoms in total. The molecule has 1 aliphatic rings. The van der Waals surface area contributed by atoms with Crippen molar-refractivity contribution in [3.8, 4) is 0 Å². The van der Waals surface area contributed by atoms with Gasteiger partial charge in [0.2, 0.25) is 0 Å². The minimum Gasteiger partial charge on any atom is -0.481 e. The fourth-order valence-electron chi connectivity index (χ4n) is 2.63. The third-order valence-electron chi connectivity index (χ3n) is 3.73. The van der Waals surface area contributed by atoms with Crippen molar-refractivity contribution in [3.63, 3.8) is 0 Å². The second-order valence-electron chi connectivity index (χ2n) is 4.91. The van der Waals surface area contributed by atoms with Crippen LogP contribution in [0.15, 0.2) is 46.5 Å². The van der Waals surface area contributed by atoms with E-state index in [0.29, 0.717) is 4.47 Å². The van der Waals surface area contributed by atoms with E-state index in [4.69, 9.17) is 0 Å². The zero-order valence-corrected chi connectivity index (χ0v) is 12.6. The van der Waals surface area contributed by atoms with E-state index >= 15 is 0 Å². The Labute approximate surface area is 128 Å². The monoisotopic (exact) mass is 354 g/mol. The van der Waals surface area contributed by atoms with E-state index in [1.165, 1.54) is 37.3 Å². The normalized spacial score (nSPS) is 24.5. The van der Waals surface area contributed by atoms with E-state index < -0.39 is 29.1 Å². The van der Waals surface area contributed by atoms with Crippen molar-refractivity contribution >= 4 is 27.9 Å². The summed E-state index contributed by atoms with van der Waals surface area (Å²) in [5, 5.41) is 18.8. The third-order valence-corrected chi connectivity index (χ3v) is 4.42. The first-order valence-electron chi connectivity index (χ1n) is 6.09. The first kappa shape index (κ1) is 15.4. The van der Waals surface area contributed by atoms with Crippen molar-refractivity contribution in [1.82, 2.24) is 0 Å². The fourth-order valence-corrected chi connectivity index (χ4v) is 3.29. The summed E-state index contributed by atoms with van der Waals surface area (Å²) in [5.41, 5.74) is -1.19. The summed E-state index contributed by atoms with van der Waals surface area (Å²) in [4.78, 5) is 23.0. The van der Waals surface area contributed by atoms with Gasteiger partial charge in [-0.1, -0.05) is 34.2 Å². The Morgan fingerprint density at radius 3 is 2.57 bits per heavy atom. The zero-order valence-electron chi connectivity index (χ0n) is 11.0. The van der Waals surface area contributed by atoms with Gasteiger partial charge in [0.15, 0.2) is 0 Å². The average Bonchev–Trinajstić information content (AvgIpc) is 2.40. The summed E-state index contributed by atoms with van der Waals surface area (Å²) in [6, 6.07) is 3.82. The van der Waals surface area contributed by atoms with E-state index in [2.05, 4.69) is 15.9 Å². The van der Waals surface area contributed by atoms with Crippen molar-refractivity contribution in [1.29, 1.82) is 0 Å². The first-order valence-corrected chi connectivity index (χ1v) is 6.88. The summed E-state index contributed by atoms with van der Waals surface area (Å²) < 4.78 is 14.0. The second-order valence-corrected chi connectivity index (χ2v) is 5.77. The molecule has 0 fully saturated rings. The van der Waals surface area contributed by atoms with E-state index in [-0.39, 0.29) is 11.1 Å². The Morgan fingerprint density at radius 1 is 1.33 bits per heavy atom. The molecule has 2 rings (SSSR count). The van der Waals surface area contributed by atoms with Gasteiger partial charge in [-0.25, -0.2) is 9.18 Å². The van der Waals surface area contributed by atoms with Crippen LogP contribution < -0.4 is 0 Å². The predicted molar refractivity (Wildman–Crippen MR) is 77.4 cm³/mol. The number of hydrogen-bond acceptors (Lipinski definition) is 2. The van der Waals surface area contributed by atoms with Gasteiger partial charge in [-0.2, -0.15) is 0 Å². The minimum atomic E-state index is -1.38. The number of hydrogen-bond donors (Lipinski definition) is 2. The Hall–Kier alpha value is -1.95. The predicted octanol–water partition coefficient (Wildman–Crippen LogP) is 3.13. The molecule has 0 spiro atoms. The van der Waals surface area contributed by atoms with Crippen molar-refractivity contribution in [2.75, 3.05) is 0 Å². The Balaban J connectivity index is 2.75. The van der Waals surface area contributed by atoms with Crippen molar-refractivity contribution in [3.05, 3.63) is 57.9 Å². The molecule has 0 saturated heterocycles. The summed E-state index contributed by atoms with van der Waals surface area (Å²) in [7, 11) is 0. The van der Waals surface area contributed by atoms with Gasteiger partial charge in [0.25, 0.3) is 0 Å². The van der Waals surface area contributed by atoms with E-state index in [1.807, 2.05) is 0 Å². The van der Waals surface area contributed by atoms with Crippen LogP contribution >= 0.6 is 15.9 Å². The molecule has 1 aromatic rings. The van der Waals surface area contributed by atoms with Gasteiger partial charge in [0.05, 0.1) is 5.92 Å². The smallest absolute Gasteiger partial charge is 0.332 e. The average molecular weight is 355 g/mol. The number of carbonyl (C=O) groups is 2. The van der Waals surface area contributed by atoms with Crippen LogP contribution in [0.2, 0.25) is 0 Å². The summed E-state index contributed by atoms with van der Waals surface area (Å²) in [6.45, 7) is 1.49. The molecular weight excluding hydrogens is 343 g/mol. The number of rotatable bonds is 3. The van der Waals surface area contributed by atoms with Crippen LogP contribution in [-0.2, 0) is 15.0 Å². The lowest BCUT2D eigenvalue weighted by Crippen LogP contribution is -2.42. The molecule has 21 heavy (non-hydrogen) atoms. The van der Waals surface area contributed by atoms with Crippen molar-refractivity contribution in [2.45, 2.75) is 12.3 Å². The highest BCUT2D eigenvalue weighted by atomic mass is 79.9. The zero-order chi connectivity index (χ0) is 15.8. The fraction of sp³-hybridized carbons (Fsp3) is 0.200. The van der Waals surface area contributed by atoms with Gasteiger partial charge in [-0.15, -0.1) is 0 Å². The molecule has 0 heterocycles. The van der Waals surface area contributed by atoms with Crippen LogP contribution in [0, 0.1) is 11.7 Å². The quantitative estimate of drug-likeness (QED) is 0.874. The van der Waals surface area contributed by atoms with Crippen LogP contribution in [-0.4, -0.2) is 22.2 Å². The van der Waals surface area contributed by atoms with Gasteiger partial charge in [-0.3, -0.25) is 4.79 Å². The molecule has 6 heteroatoms. The number of benzene rings is 1. The number of aliphatic carboxylic acids is 2. The summed E-state index contributed by atoms with van der Waals surface area (Å²) >= 11 is 3.25. The standard InChI is InChI=1S/C15H12BrFO4/c1-15(11-7-8(17)5-6-12(11)16)9(13(18)19)3-2-4-10(15)14(20)21/h2-7,9H,1H3,(H,18,19)(H,20,21). The minimum absolute atomic E-state index is 0.0938. The summed E-state index contributed by atoms with van der Waals surface area (Å²) in [5.74, 6) is -4.06. The molecule has 2 N–H and O–H groups in total. The van der Waals surface area contributed by atoms with Gasteiger partial charge >= 0.3 is 11.9 Å². The summed E-state index contributed by atoms with van der Waals surface area (Å²) in [6.07, 6.45) is 4.16. The molecule has 0 aliphatic heterocycles. The molecular formula is C15H12BrFO4. The number of allylic oxidation sites excluding steroid dienone is 2. The highest BCUT2D eigenvalue weighted by Gasteiger charge is 2.47. The molecule has 0 saturated carbocycles. The highest BCUT2D eigenvalue weighted by Crippen LogP contribution is 2.45. The highest BCUT2D eigenvalue weighted by molar-refractivity contribution is 9.10. The van der Waals surface area contributed by atoms with Gasteiger partial charge in [0, 0.05) is 15.5 Å². The number of carboxylic acid groups (broad SMARTS) is 2. The van der Waals surface area contributed by atoms with Gasteiger partial charge < -0.3 is 10.2 Å². The van der Waals surface area contributed by atoms with E-state index in [9.17, 15) is 24.2 Å². The van der Waals surface area contributed by atoms with Crippen LogP contribution in [0.5, 0.6) is 0 Å². The molecule has 2 unspecified atom stereocenters. The van der Waals surface area contributed by atoms with E-state index in [1.54, 1.807) is 0 Å². The number of carboxylic acids is 2. The molecule has 1 aliphatic carbocycles. The topological polar surface area (TPSA) is 74.6 Å². The maximum Gasteiger partial charge on any atom is 0.332 e. The largest absolute Gasteiger partial charge is 0.481 e. The van der Waals surface area contributed by atoms with Gasteiger partial charge in [0.1, 0.15) is 5.82 Å². The lowest BCUT2D eigenvalue weighted by Gasteiger charge is -2.37. The molecule has 0 radical (unpaired) electrons. The van der Waals surface area contributed by atoms with E-state index in [0.717, 1.165) is 6.07 Å².